The second kappa shape index (κ2) is 8.62. The van der Waals surface area contributed by atoms with Gasteiger partial charge in [-0.25, -0.2) is 0 Å². The molecule has 0 amide bonds. The molecule has 1 saturated heterocycles. The fourth-order valence-electron chi connectivity index (χ4n) is 3.66. The van der Waals surface area contributed by atoms with Gasteiger partial charge in [-0.05, 0) is 28.7 Å². The van der Waals surface area contributed by atoms with E-state index in [-0.39, 0.29) is 10.8 Å². The normalized spacial score (nSPS) is 15.4. The van der Waals surface area contributed by atoms with E-state index in [1.807, 2.05) is 18.2 Å². The Bertz CT molecular complexity index is 1060. The molecule has 0 atom stereocenters. The van der Waals surface area contributed by atoms with Gasteiger partial charge in [0.25, 0.3) is 0 Å². The molecule has 0 spiro atoms. The summed E-state index contributed by atoms with van der Waals surface area (Å²) in [5.41, 5.74) is 3.26. The fraction of sp³-hybridized carbons (Fsp3) is 0.400. The molecule has 1 fully saturated rings. The van der Waals surface area contributed by atoms with Crippen LogP contribution in [0.4, 0.5) is 0 Å². The number of hydrogen-bond acceptors (Lipinski definition) is 5. The van der Waals surface area contributed by atoms with E-state index in [2.05, 4.69) is 37.8 Å². The third-order valence-electron chi connectivity index (χ3n) is 5.59. The van der Waals surface area contributed by atoms with Crippen molar-refractivity contribution in [3.05, 3.63) is 64.5 Å². The van der Waals surface area contributed by atoms with Crippen molar-refractivity contribution in [3.63, 3.8) is 0 Å². The van der Waals surface area contributed by atoms with Gasteiger partial charge in [0.05, 0.1) is 24.2 Å². The van der Waals surface area contributed by atoms with Gasteiger partial charge in [-0.1, -0.05) is 45.0 Å². The van der Waals surface area contributed by atoms with Crippen LogP contribution in [0.1, 0.15) is 26.3 Å². The van der Waals surface area contributed by atoms with Crippen LogP contribution >= 0.6 is 0 Å². The molecule has 5 heteroatoms. The van der Waals surface area contributed by atoms with Crippen LogP contribution in [-0.4, -0.2) is 44.4 Å². The van der Waals surface area contributed by atoms with Crippen LogP contribution in [0, 0.1) is 0 Å². The quantitative estimate of drug-likeness (QED) is 0.625. The van der Waals surface area contributed by atoms with Crippen molar-refractivity contribution >= 4 is 11.0 Å². The zero-order chi connectivity index (χ0) is 21.1. The van der Waals surface area contributed by atoms with Crippen LogP contribution in [-0.2, 0) is 10.2 Å². The number of hydrogen-bond donors (Lipinski definition) is 0. The number of fused-ring (bicyclic) bond motifs is 1. The van der Waals surface area contributed by atoms with E-state index >= 15 is 0 Å². The maximum absolute atomic E-state index is 13.0. The third kappa shape index (κ3) is 4.58. The summed E-state index contributed by atoms with van der Waals surface area (Å²) < 4.78 is 17.0. The second-order valence-electron chi connectivity index (χ2n) is 8.77. The van der Waals surface area contributed by atoms with Crippen molar-refractivity contribution in [1.29, 1.82) is 0 Å². The highest BCUT2D eigenvalue weighted by atomic mass is 16.5. The Morgan fingerprint density at radius 3 is 2.47 bits per heavy atom. The Morgan fingerprint density at radius 2 is 1.77 bits per heavy atom. The summed E-state index contributed by atoms with van der Waals surface area (Å²) in [5, 5.41) is 0.563. The summed E-state index contributed by atoms with van der Waals surface area (Å²) in [6, 6.07) is 13.5. The predicted molar refractivity (Wildman–Crippen MR) is 119 cm³/mol. The van der Waals surface area contributed by atoms with Gasteiger partial charge >= 0.3 is 0 Å². The molecule has 2 aromatic carbocycles. The first-order valence-electron chi connectivity index (χ1n) is 10.5. The number of ether oxygens (including phenoxy) is 2. The Balaban J connectivity index is 1.50. The highest BCUT2D eigenvalue weighted by Gasteiger charge is 2.15. The van der Waals surface area contributed by atoms with Crippen LogP contribution in [0.3, 0.4) is 0 Å². The molecular formula is C25H29NO4. The molecule has 0 saturated carbocycles. The number of morpholine rings is 1. The lowest BCUT2D eigenvalue weighted by atomic mass is 9.86. The Labute approximate surface area is 177 Å². The smallest absolute Gasteiger partial charge is 0.200 e. The van der Waals surface area contributed by atoms with Gasteiger partial charge in [-0.15, -0.1) is 0 Å². The van der Waals surface area contributed by atoms with Crippen LogP contribution in [0.25, 0.3) is 22.1 Å². The molecule has 158 valence electrons. The molecule has 30 heavy (non-hydrogen) atoms. The maximum Gasteiger partial charge on any atom is 0.200 e. The lowest BCUT2D eigenvalue weighted by Crippen LogP contribution is -2.38. The van der Waals surface area contributed by atoms with Gasteiger partial charge in [-0.2, -0.15) is 0 Å². The van der Waals surface area contributed by atoms with Crippen LogP contribution in [0.5, 0.6) is 5.75 Å². The van der Waals surface area contributed by atoms with Crippen molar-refractivity contribution in [1.82, 2.24) is 4.90 Å². The molecule has 1 aliphatic rings. The first kappa shape index (κ1) is 20.6. The minimum Gasteiger partial charge on any atom is -0.492 e. The van der Waals surface area contributed by atoms with Gasteiger partial charge in [0.15, 0.2) is 5.43 Å². The zero-order valence-corrected chi connectivity index (χ0v) is 17.9. The average Bonchev–Trinajstić information content (AvgIpc) is 2.74. The first-order chi connectivity index (χ1) is 14.4. The molecule has 1 aliphatic heterocycles. The second-order valence-corrected chi connectivity index (χ2v) is 8.77. The highest BCUT2D eigenvalue weighted by Crippen LogP contribution is 2.27. The summed E-state index contributed by atoms with van der Waals surface area (Å²) in [7, 11) is 0. The molecule has 1 aromatic heterocycles. The molecule has 0 unspecified atom stereocenters. The summed E-state index contributed by atoms with van der Waals surface area (Å²) in [5.74, 6) is 0.709. The lowest BCUT2D eigenvalue weighted by molar-refractivity contribution is 0.0322. The topological polar surface area (TPSA) is 51.9 Å². The predicted octanol–water partition coefficient (Wildman–Crippen LogP) is 4.47. The number of benzene rings is 2. The highest BCUT2D eigenvalue weighted by molar-refractivity contribution is 5.82. The van der Waals surface area contributed by atoms with Crippen molar-refractivity contribution in [3.8, 4) is 16.9 Å². The van der Waals surface area contributed by atoms with Crippen LogP contribution in [0.2, 0.25) is 0 Å². The van der Waals surface area contributed by atoms with Gasteiger partial charge in [0, 0.05) is 25.7 Å². The van der Waals surface area contributed by atoms with E-state index in [0.29, 0.717) is 28.9 Å². The van der Waals surface area contributed by atoms with Gasteiger partial charge < -0.3 is 13.9 Å². The monoisotopic (exact) mass is 407 g/mol. The molecule has 0 bridgehead atoms. The minimum atomic E-state index is -0.0281. The van der Waals surface area contributed by atoms with Crippen LogP contribution < -0.4 is 10.2 Å². The average molecular weight is 408 g/mol. The standard InChI is InChI=1S/C25H29NO4/c1-25(2,3)19-6-4-18(5-7-19)22-17-30-23-16-20(8-9-21(23)24(22)27)29-15-12-26-10-13-28-14-11-26/h4-9,16-17H,10-15H2,1-3H3. The van der Waals surface area contributed by atoms with E-state index in [0.717, 1.165) is 38.4 Å². The zero-order valence-electron chi connectivity index (χ0n) is 17.9. The van der Waals surface area contributed by atoms with Crippen molar-refractivity contribution in [2.75, 3.05) is 39.5 Å². The summed E-state index contributed by atoms with van der Waals surface area (Å²) >= 11 is 0. The Kier molecular flexibility index (Phi) is 5.93. The van der Waals surface area contributed by atoms with E-state index < -0.39 is 0 Å². The van der Waals surface area contributed by atoms with Crippen molar-refractivity contribution in [2.24, 2.45) is 0 Å². The molecule has 0 N–H and O–H groups in total. The van der Waals surface area contributed by atoms with Gasteiger partial charge in [0.2, 0.25) is 0 Å². The largest absolute Gasteiger partial charge is 0.492 e. The Morgan fingerprint density at radius 1 is 1.03 bits per heavy atom. The van der Waals surface area contributed by atoms with E-state index in [9.17, 15) is 4.79 Å². The summed E-state index contributed by atoms with van der Waals surface area (Å²) in [4.78, 5) is 15.3. The number of nitrogens with zero attached hydrogens (tertiary/aromatic N) is 1. The first-order valence-corrected chi connectivity index (χ1v) is 10.5. The van der Waals surface area contributed by atoms with E-state index in [4.69, 9.17) is 13.9 Å². The minimum absolute atomic E-state index is 0.0281. The lowest BCUT2D eigenvalue weighted by Gasteiger charge is -2.26. The molecule has 5 nitrogen and oxygen atoms in total. The van der Waals surface area contributed by atoms with E-state index in [1.54, 1.807) is 18.4 Å². The van der Waals surface area contributed by atoms with Gasteiger partial charge in [-0.3, -0.25) is 9.69 Å². The van der Waals surface area contributed by atoms with E-state index in [1.165, 1.54) is 5.56 Å². The molecule has 3 aromatic rings. The summed E-state index contributed by atoms with van der Waals surface area (Å²) in [6.45, 7) is 11.4. The molecule has 0 aliphatic carbocycles. The van der Waals surface area contributed by atoms with Crippen molar-refractivity contribution in [2.45, 2.75) is 26.2 Å². The summed E-state index contributed by atoms with van der Waals surface area (Å²) in [6.07, 6.45) is 1.55. The van der Waals surface area contributed by atoms with Crippen molar-refractivity contribution < 1.29 is 13.9 Å². The maximum atomic E-state index is 13.0. The molecule has 0 radical (unpaired) electrons. The van der Waals surface area contributed by atoms with Crippen LogP contribution in [0.15, 0.2) is 57.9 Å². The molecular weight excluding hydrogens is 378 g/mol. The SMILES string of the molecule is CC(C)(C)c1ccc(-c2coc3cc(OCCN4CCOCC4)ccc3c2=O)cc1. The molecule has 2 heterocycles. The fourth-order valence-corrected chi connectivity index (χ4v) is 3.66. The van der Waals surface area contributed by atoms with Gasteiger partial charge in [0.1, 0.15) is 24.2 Å². The third-order valence-corrected chi connectivity index (χ3v) is 5.59. The molecule has 4 rings (SSSR count). The number of rotatable bonds is 5. The Hall–Kier alpha value is -2.63.